The van der Waals surface area contributed by atoms with Crippen LogP contribution in [0.25, 0.3) is 11.1 Å². The van der Waals surface area contributed by atoms with Crippen LogP contribution in [0.2, 0.25) is 0 Å². The molecule has 0 saturated carbocycles. The number of hydrogen-bond donors (Lipinski definition) is 1. The number of nitrogens with zero attached hydrogens (tertiary/aromatic N) is 1. The van der Waals surface area contributed by atoms with Gasteiger partial charge in [-0.3, -0.25) is 14.6 Å². The molecule has 1 aromatic heterocycles. The zero-order valence-electron chi connectivity index (χ0n) is 8.24. The van der Waals surface area contributed by atoms with Crippen molar-refractivity contribution in [3.05, 3.63) is 46.4 Å². The third kappa shape index (κ3) is 1.48. The molecule has 0 saturated heterocycles. The Kier molecular flexibility index (Phi) is 2.00. The van der Waals surface area contributed by atoms with Gasteiger partial charge in [0, 0.05) is 13.2 Å². The Bertz CT molecular complexity index is 508. The third-order valence-corrected chi connectivity index (χ3v) is 2.17. The molecular formula is C11H12N2O. The molecule has 0 atom stereocenters. The van der Waals surface area contributed by atoms with E-state index in [4.69, 9.17) is 0 Å². The molecule has 0 unspecified atom stereocenters. The van der Waals surface area contributed by atoms with E-state index < -0.39 is 0 Å². The van der Waals surface area contributed by atoms with Gasteiger partial charge in [-0.15, -0.1) is 0 Å². The maximum atomic E-state index is 11.5. The van der Waals surface area contributed by atoms with Gasteiger partial charge in [-0.2, -0.15) is 0 Å². The van der Waals surface area contributed by atoms with Crippen molar-refractivity contribution in [3.63, 3.8) is 0 Å². The van der Waals surface area contributed by atoms with Gasteiger partial charge in [0.05, 0.1) is 5.56 Å². The first-order chi connectivity index (χ1) is 6.66. The van der Waals surface area contributed by atoms with Crippen LogP contribution in [0.3, 0.4) is 0 Å². The predicted octanol–water partition coefficient (Wildman–Crippen LogP) is 1.69. The summed E-state index contributed by atoms with van der Waals surface area (Å²) in [6, 6.07) is 7.92. The fourth-order valence-corrected chi connectivity index (χ4v) is 1.52. The van der Waals surface area contributed by atoms with Gasteiger partial charge in [0.15, 0.2) is 0 Å². The van der Waals surface area contributed by atoms with Crippen molar-refractivity contribution in [1.29, 1.82) is 0 Å². The highest BCUT2D eigenvalue weighted by Crippen LogP contribution is 2.15. The van der Waals surface area contributed by atoms with Crippen LogP contribution in [0.15, 0.2) is 35.3 Å². The molecular weight excluding hydrogens is 176 g/mol. The second-order valence-corrected chi connectivity index (χ2v) is 3.46. The van der Waals surface area contributed by atoms with E-state index in [1.54, 1.807) is 17.9 Å². The summed E-state index contributed by atoms with van der Waals surface area (Å²) in [6.07, 6.45) is 1.80. The van der Waals surface area contributed by atoms with Gasteiger partial charge < -0.3 is 0 Å². The number of H-pyrrole nitrogens is 1. The van der Waals surface area contributed by atoms with Crippen LogP contribution in [0.1, 0.15) is 5.56 Å². The van der Waals surface area contributed by atoms with Gasteiger partial charge in [-0.1, -0.05) is 29.8 Å². The van der Waals surface area contributed by atoms with Crippen molar-refractivity contribution in [2.45, 2.75) is 6.92 Å². The first-order valence-corrected chi connectivity index (χ1v) is 4.49. The number of aromatic nitrogens is 2. The molecule has 3 heteroatoms. The number of nitrogens with one attached hydrogen (secondary N) is 1. The van der Waals surface area contributed by atoms with Crippen LogP contribution < -0.4 is 5.56 Å². The molecule has 0 amide bonds. The van der Waals surface area contributed by atoms with Crippen molar-refractivity contribution < 1.29 is 0 Å². The lowest BCUT2D eigenvalue weighted by molar-refractivity contribution is 0.756. The average Bonchev–Trinajstić information content (AvgIpc) is 2.45. The lowest BCUT2D eigenvalue weighted by Crippen LogP contribution is -2.03. The quantitative estimate of drug-likeness (QED) is 0.726. The van der Waals surface area contributed by atoms with Gasteiger partial charge in [-0.25, -0.2) is 0 Å². The molecule has 0 aliphatic carbocycles. The summed E-state index contributed by atoms with van der Waals surface area (Å²) >= 11 is 0. The van der Waals surface area contributed by atoms with Gasteiger partial charge in [0.25, 0.3) is 5.56 Å². The average molecular weight is 188 g/mol. The van der Waals surface area contributed by atoms with Crippen LogP contribution in [-0.4, -0.2) is 9.78 Å². The minimum Gasteiger partial charge on any atom is -0.295 e. The van der Waals surface area contributed by atoms with E-state index in [0.717, 1.165) is 16.7 Å². The van der Waals surface area contributed by atoms with E-state index in [1.165, 1.54) is 0 Å². The molecule has 0 bridgehead atoms. The summed E-state index contributed by atoms with van der Waals surface area (Å²) in [5.74, 6) is 0. The SMILES string of the molecule is Cc1cccc(-c2cn(C)[nH]c2=O)c1. The second-order valence-electron chi connectivity index (χ2n) is 3.46. The first-order valence-electron chi connectivity index (χ1n) is 4.49. The minimum atomic E-state index is -0.0434. The number of aryl methyl sites for hydroxylation is 2. The van der Waals surface area contributed by atoms with Crippen LogP contribution in [0.5, 0.6) is 0 Å². The Labute approximate surface area is 82.0 Å². The van der Waals surface area contributed by atoms with Gasteiger partial charge >= 0.3 is 0 Å². The fourth-order valence-electron chi connectivity index (χ4n) is 1.52. The third-order valence-electron chi connectivity index (χ3n) is 2.17. The summed E-state index contributed by atoms with van der Waals surface area (Å²) in [7, 11) is 1.81. The Morgan fingerprint density at radius 1 is 1.36 bits per heavy atom. The van der Waals surface area contributed by atoms with E-state index in [2.05, 4.69) is 5.10 Å². The largest absolute Gasteiger partial charge is 0.295 e. The molecule has 72 valence electrons. The highest BCUT2D eigenvalue weighted by Gasteiger charge is 2.04. The van der Waals surface area contributed by atoms with Crippen LogP contribution in [0.4, 0.5) is 0 Å². The summed E-state index contributed by atoms with van der Waals surface area (Å²) in [5.41, 5.74) is 2.80. The maximum Gasteiger partial charge on any atom is 0.271 e. The van der Waals surface area contributed by atoms with Gasteiger partial charge in [0.1, 0.15) is 0 Å². The molecule has 2 aromatic rings. The van der Waals surface area contributed by atoms with Gasteiger partial charge in [0.2, 0.25) is 0 Å². The van der Waals surface area contributed by atoms with Crippen molar-refractivity contribution in [1.82, 2.24) is 9.78 Å². The van der Waals surface area contributed by atoms with Crippen molar-refractivity contribution in [3.8, 4) is 11.1 Å². The first kappa shape index (κ1) is 8.81. The molecule has 3 nitrogen and oxygen atoms in total. The standard InChI is InChI=1S/C11H12N2O/c1-8-4-3-5-9(6-8)10-7-13(2)12-11(10)14/h3-7H,1-2H3,(H,12,14). The lowest BCUT2D eigenvalue weighted by Gasteiger charge is -1.96. The fraction of sp³-hybridized carbons (Fsp3) is 0.182. The Morgan fingerprint density at radius 3 is 2.71 bits per heavy atom. The molecule has 0 aliphatic rings. The molecule has 0 fully saturated rings. The van der Waals surface area contributed by atoms with Crippen molar-refractivity contribution in [2.24, 2.45) is 7.05 Å². The molecule has 14 heavy (non-hydrogen) atoms. The molecule has 0 spiro atoms. The molecule has 0 aliphatic heterocycles. The summed E-state index contributed by atoms with van der Waals surface area (Å²) < 4.78 is 1.67. The predicted molar refractivity (Wildman–Crippen MR) is 56.2 cm³/mol. The minimum absolute atomic E-state index is 0.0434. The molecule has 1 aromatic carbocycles. The molecule has 1 heterocycles. The van der Waals surface area contributed by atoms with Crippen LogP contribution in [-0.2, 0) is 7.05 Å². The summed E-state index contributed by atoms with van der Waals surface area (Å²) in [4.78, 5) is 11.5. The zero-order valence-corrected chi connectivity index (χ0v) is 8.24. The number of rotatable bonds is 1. The number of aromatic amines is 1. The summed E-state index contributed by atoms with van der Waals surface area (Å²) in [6.45, 7) is 2.01. The highest BCUT2D eigenvalue weighted by molar-refractivity contribution is 5.62. The number of benzene rings is 1. The lowest BCUT2D eigenvalue weighted by atomic mass is 10.1. The topological polar surface area (TPSA) is 37.8 Å². The zero-order chi connectivity index (χ0) is 10.1. The van der Waals surface area contributed by atoms with E-state index in [9.17, 15) is 4.79 Å². The number of hydrogen-bond acceptors (Lipinski definition) is 1. The van der Waals surface area contributed by atoms with E-state index >= 15 is 0 Å². The smallest absolute Gasteiger partial charge is 0.271 e. The van der Waals surface area contributed by atoms with E-state index in [1.807, 2.05) is 31.2 Å². The van der Waals surface area contributed by atoms with Crippen molar-refractivity contribution >= 4 is 0 Å². The highest BCUT2D eigenvalue weighted by atomic mass is 16.1. The summed E-state index contributed by atoms with van der Waals surface area (Å²) in [5, 5.41) is 2.69. The molecule has 2 rings (SSSR count). The maximum absolute atomic E-state index is 11.5. The molecule has 0 radical (unpaired) electrons. The van der Waals surface area contributed by atoms with Crippen molar-refractivity contribution in [2.75, 3.05) is 0 Å². The monoisotopic (exact) mass is 188 g/mol. The second kappa shape index (κ2) is 3.18. The molecule has 1 N–H and O–H groups in total. The van der Waals surface area contributed by atoms with Crippen LogP contribution in [0, 0.1) is 6.92 Å². The van der Waals surface area contributed by atoms with Gasteiger partial charge in [-0.05, 0) is 12.5 Å². The van der Waals surface area contributed by atoms with Crippen LogP contribution >= 0.6 is 0 Å². The Balaban J connectivity index is 2.60. The van der Waals surface area contributed by atoms with E-state index in [0.29, 0.717) is 0 Å². The van der Waals surface area contributed by atoms with E-state index in [-0.39, 0.29) is 5.56 Å². The normalized spacial score (nSPS) is 10.4. The Morgan fingerprint density at radius 2 is 2.14 bits per heavy atom. The Hall–Kier alpha value is -1.77.